The lowest BCUT2D eigenvalue weighted by Crippen LogP contribution is -2.35. The van der Waals surface area contributed by atoms with Gasteiger partial charge >= 0.3 is 0 Å². The van der Waals surface area contributed by atoms with E-state index in [0.717, 1.165) is 49.3 Å². The molecule has 20 heavy (non-hydrogen) atoms. The molecule has 4 heteroatoms. The Balaban J connectivity index is 1.58. The molecule has 1 atom stereocenters. The first kappa shape index (κ1) is 13.3. The zero-order valence-corrected chi connectivity index (χ0v) is 11.9. The number of hydrogen-bond acceptors (Lipinski definition) is 3. The number of aryl methyl sites for hydroxylation is 1. The molecule has 3 rings (SSSR count). The fourth-order valence-electron chi connectivity index (χ4n) is 3.08. The Morgan fingerprint density at radius 3 is 3.05 bits per heavy atom. The van der Waals surface area contributed by atoms with E-state index in [1.54, 1.807) is 0 Å². The highest BCUT2D eigenvalue weighted by Gasteiger charge is 2.26. The topological polar surface area (TPSA) is 38.8 Å². The van der Waals surface area contributed by atoms with Crippen molar-refractivity contribution in [2.24, 2.45) is 0 Å². The van der Waals surface area contributed by atoms with Crippen LogP contribution < -0.4 is 9.47 Å². The lowest BCUT2D eigenvalue weighted by atomic mass is 10.1. The average molecular weight is 275 g/mol. The lowest BCUT2D eigenvalue weighted by Gasteiger charge is -2.23. The van der Waals surface area contributed by atoms with Gasteiger partial charge in [0.25, 0.3) is 0 Å². The van der Waals surface area contributed by atoms with Gasteiger partial charge in [0.2, 0.25) is 12.7 Å². The summed E-state index contributed by atoms with van der Waals surface area (Å²) >= 11 is 0. The van der Waals surface area contributed by atoms with Crippen molar-refractivity contribution in [2.75, 3.05) is 13.3 Å². The maximum absolute atomic E-state index is 12.3. The van der Waals surface area contributed by atoms with Crippen LogP contribution >= 0.6 is 0 Å². The second kappa shape index (κ2) is 5.73. The molecule has 1 amide bonds. The molecule has 4 nitrogen and oxygen atoms in total. The average Bonchev–Trinajstić information content (AvgIpc) is 3.12. The number of ether oxygens (including phenoxy) is 2. The molecule has 0 aliphatic carbocycles. The molecule has 1 unspecified atom stereocenters. The fraction of sp³-hybridized carbons (Fsp3) is 0.562. The van der Waals surface area contributed by atoms with Crippen molar-refractivity contribution in [3.05, 3.63) is 23.8 Å². The van der Waals surface area contributed by atoms with Gasteiger partial charge in [-0.1, -0.05) is 13.0 Å². The number of rotatable bonds is 4. The highest BCUT2D eigenvalue weighted by molar-refractivity contribution is 5.77. The van der Waals surface area contributed by atoms with E-state index in [1.807, 2.05) is 18.2 Å². The van der Waals surface area contributed by atoms with Crippen LogP contribution in [0.5, 0.6) is 11.5 Å². The Bertz CT molecular complexity index is 500. The summed E-state index contributed by atoms with van der Waals surface area (Å²) in [6.07, 6.45) is 4.72. The number of nitrogens with zero attached hydrogens (tertiary/aromatic N) is 1. The largest absolute Gasteiger partial charge is 0.454 e. The minimum Gasteiger partial charge on any atom is -0.454 e. The van der Waals surface area contributed by atoms with E-state index in [4.69, 9.17) is 9.47 Å². The second-order valence-electron chi connectivity index (χ2n) is 5.48. The summed E-state index contributed by atoms with van der Waals surface area (Å²) in [7, 11) is 0. The minimum absolute atomic E-state index is 0.284. The van der Waals surface area contributed by atoms with E-state index >= 15 is 0 Å². The molecule has 0 N–H and O–H groups in total. The van der Waals surface area contributed by atoms with E-state index in [1.165, 1.54) is 0 Å². The van der Waals surface area contributed by atoms with Gasteiger partial charge in [0, 0.05) is 19.0 Å². The van der Waals surface area contributed by atoms with Crippen molar-refractivity contribution in [1.82, 2.24) is 4.90 Å². The van der Waals surface area contributed by atoms with Crippen molar-refractivity contribution in [1.29, 1.82) is 0 Å². The van der Waals surface area contributed by atoms with Crippen LogP contribution in [-0.4, -0.2) is 30.2 Å². The fourth-order valence-corrected chi connectivity index (χ4v) is 3.08. The molecule has 0 spiro atoms. The Morgan fingerprint density at radius 1 is 1.35 bits per heavy atom. The summed E-state index contributed by atoms with van der Waals surface area (Å²) in [5.74, 6) is 1.88. The summed E-state index contributed by atoms with van der Waals surface area (Å²) in [6, 6.07) is 6.38. The zero-order chi connectivity index (χ0) is 13.9. The smallest absolute Gasteiger partial charge is 0.231 e. The summed E-state index contributed by atoms with van der Waals surface area (Å²) in [5, 5.41) is 0. The van der Waals surface area contributed by atoms with Crippen molar-refractivity contribution in [2.45, 2.75) is 45.1 Å². The second-order valence-corrected chi connectivity index (χ2v) is 5.48. The highest BCUT2D eigenvalue weighted by Crippen LogP contribution is 2.33. The third-order valence-corrected chi connectivity index (χ3v) is 4.23. The van der Waals surface area contributed by atoms with Crippen LogP contribution in [0.3, 0.4) is 0 Å². The summed E-state index contributed by atoms with van der Waals surface area (Å²) in [6.45, 7) is 3.39. The van der Waals surface area contributed by atoms with Crippen LogP contribution in [0, 0.1) is 0 Å². The van der Waals surface area contributed by atoms with Crippen molar-refractivity contribution >= 4 is 5.91 Å². The number of amides is 1. The van der Waals surface area contributed by atoms with Crippen LogP contribution in [-0.2, 0) is 11.2 Å². The first-order valence-corrected chi connectivity index (χ1v) is 7.46. The Morgan fingerprint density at radius 2 is 2.20 bits per heavy atom. The van der Waals surface area contributed by atoms with Crippen molar-refractivity contribution in [3.8, 4) is 11.5 Å². The van der Waals surface area contributed by atoms with Crippen LogP contribution in [0.4, 0.5) is 0 Å². The number of carbonyl (C=O) groups excluding carboxylic acids is 1. The van der Waals surface area contributed by atoms with Crippen LogP contribution in [0.25, 0.3) is 0 Å². The SMILES string of the molecule is CCC1CCCN1C(=O)CCc1ccc2c(c1)OCO2. The first-order valence-electron chi connectivity index (χ1n) is 7.46. The number of likely N-dealkylation sites (tertiary alicyclic amines) is 1. The molecule has 0 saturated carbocycles. The number of fused-ring (bicyclic) bond motifs is 1. The molecule has 2 aliphatic rings. The van der Waals surface area contributed by atoms with Gasteiger partial charge in [-0.05, 0) is 43.4 Å². The summed E-state index contributed by atoms with van der Waals surface area (Å²) < 4.78 is 10.7. The molecular formula is C16H21NO3. The Kier molecular flexibility index (Phi) is 3.81. The molecule has 1 fully saturated rings. The van der Waals surface area contributed by atoms with E-state index < -0.39 is 0 Å². The minimum atomic E-state index is 0.284. The maximum atomic E-state index is 12.3. The number of hydrogen-bond donors (Lipinski definition) is 0. The van der Waals surface area contributed by atoms with E-state index in [2.05, 4.69) is 11.8 Å². The van der Waals surface area contributed by atoms with Gasteiger partial charge in [0.1, 0.15) is 0 Å². The lowest BCUT2D eigenvalue weighted by molar-refractivity contribution is -0.132. The van der Waals surface area contributed by atoms with Gasteiger partial charge in [0.15, 0.2) is 11.5 Å². The molecule has 2 heterocycles. The Hall–Kier alpha value is -1.71. The Labute approximate surface area is 119 Å². The van der Waals surface area contributed by atoms with Crippen molar-refractivity contribution in [3.63, 3.8) is 0 Å². The van der Waals surface area contributed by atoms with E-state index in [9.17, 15) is 4.79 Å². The van der Waals surface area contributed by atoms with Gasteiger partial charge in [-0.15, -0.1) is 0 Å². The predicted octanol–water partition coefficient (Wildman–Crippen LogP) is 2.75. The molecule has 1 aromatic carbocycles. The quantitative estimate of drug-likeness (QED) is 0.848. The van der Waals surface area contributed by atoms with Gasteiger partial charge in [-0.25, -0.2) is 0 Å². The van der Waals surface area contributed by atoms with Gasteiger partial charge in [-0.2, -0.15) is 0 Å². The highest BCUT2D eigenvalue weighted by atomic mass is 16.7. The third kappa shape index (κ3) is 2.60. The summed E-state index contributed by atoms with van der Waals surface area (Å²) in [4.78, 5) is 14.4. The normalized spacial score (nSPS) is 20.4. The van der Waals surface area contributed by atoms with E-state index in [0.29, 0.717) is 19.3 Å². The predicted molar refractivity (Wildman–Crippen MR) is 75.9 cm³/mol. The molecule has 0 bridgehead atoms. The van der Waals surface area contributed by atoms with Crippen LogP contribution in [0.2, 0.25) is 0 Å². The van der Waals surface area contributed by atoms with E-state index in [-0.39, 0.29) is 5.91 Å². The maximum Gasteiger partial charge on any atom is 0.231 e. The van der Waals surface area contributed by atoms with Gasteiger partial charge < -0.3 is 14.4 Å². The molecule has 1 saturated heterocycles. The molecule has 0 aromatic heterocycles. The molecule has 2 aliphatic heterocycles. The van der Waals surface area contributed by atoms with Gasteiger partial charge in [-0.3, -0.25) is 4.79 Å². The number of carbonyl (C=O) groups is 1. The molecule has 1 aromatic rings. The van der Waals surface area contributed by atoms with Crippen LogP contribution in [0.1, 0.15) is 38.2 Å². The summed E-state index contributed by atoms with van der Waals surface area (Å²) in [5.41, 5.74) is 1.13. The van der Waals surface area contributed by atoms with Crippen LogP contribution in [0.15, 0.2) is 18.2 Å². The molecule has 0 radical (unpaired) electrons. The standard InChI is InChI=1S/C16H21NO3/c1-2-13-4-3-9-17(13)16(18)8-6-12-5-7-14-15(10-12)20-11-19-14/h5,7,10,13H,2-4,6,8-9,11H2,1H3. The number of benzene rings is 1. The monoisotopic (exact) mass is 275 g/mol. The van der Waals surface area contributed by atoms with Gasteiger partial charge in [0.05, 0.1) is 0 Å². The third-order valence-electron chi connectivity index (χ3n) is 4.23. The molecular weight excluding hydrogens is 254 g/mol. The zero-order valence-electron chi connectivity index (χ0n) is 11.9. The molecule has 108 valence electrons. The first-order chi connectivity index (χ1) is 9.78. The van der Waals surface area contributed by atoms with Crippen molar-refractivity contribution < 1.29 is 14.3 Å².